The van der Waals surface area contributed by atoms with E-state index in [2.05, 4.69) is 4.98 Å². The van der Waals surface area contributed by atoms with E-state index in [9.17, 15) is 22.4 Å². The number of amides is 1. The van der Waals surface area contributed by atoms with Gasteiger partial charge in [-0.3, -0.25) is 9.78 Å². The molecule has 0 aliphatic rings. The fourth-order valence-corrected chi connectivity index (χ4v) is 1.13. The van der Waals surface area contributed by atoms with Gasteiger partial charge in [-0.1, -0.05) is 0 Å². The van der Waals surface area contributed by atoms with E-state index < -0.39 is 24.3 Å². The van der Waals surface area contributed by atoms with E-state index in [1.807, 2.05) is 5.32 Å². The maximum Gasteiger partial charge on any atom is 0.383 e. The number of alkyl halides is 4. The Bertz CT molecular complexity index is 383. The van der Waals surface area contributed by atoms with Crippen LogP contribution < -0.4 is 5.32 Å². The first-order valence-corrected chi connectivity index (χ1v) is 4.72. The number of nitrogens with zero attached hydrogens (tertiary/aromatic N) is 1. The van der Waals surface area contributed by atoms with E-state index in [1.54, 1.807) is 0 Å². The quantitative estimate of drug-likeness (QED) is 0.832. The Hall–Kier alpha value is -1.66. The Labute approximate surface area is 94.8 Å². The van der Waals surface area contributed by atoms with Crippen LogP contribution in [0.3, 0.4) is 0 Å². The van der Waals surface area contributed by atoms with Gasteiger partial charge >= 0.3 is 12.3 Å². The summed E-state index contributed by atoms with van der Waals surface area (Å²) in [6.07, 6.45) is -1.21. The van der Waals surface area contributed by atoms with Crippen LogP contribution in [-0.4, -0.2) is 23.2 Å². The number of pyridine rings is 1. The average Bonchev–Trinajstić information content (AvgIpc) is 2.29. The molecule has 1 rings (SSSR count). The van der Waals surface area contributed by atoms with E-state index in [1.165, 1.54) is 31.5 Å². The first-order valence-electron chi connectivity index (χ1n) is 4.72. The van der Waals surface area contributed by atoms with Crippen LogP contribution in [0, 0.1) is 0 Å². The van der Waals surface area contributed by atoms with Gasteiger partial charge in [-0.15, -0.1) is 0 Å². The highest BCUT2D eigenvalue weighted by Crippen LogP contribution is 2.24. The van der Waals surface area contributed by atoms with Gasteiger partial charge in [0, 0.05) is 12.4 Å². The molecule has 0 unspecified atom stereocenters. The van der Waals surface area contributed by atoms with E-state index >= 15 is 0 Å². The highest BCUT2D eigenvalue weighted by molar-refractivity contribution is 5.84. The van der Waals surface area contributed by atoms with Crippen LogP contribution in [0.15, 0.2) is 24.5 Å². The molecule has 1 aromatic heterocycles. The van der Waals surface area contributed by atoms with Gasteiger partial charge in [0.05, 0.1) is 6.04 Å². The summed E-state index contributed by atoms with van der Waals surface area (Å²) in [6, 6.07) is 2.19. The molecular formula is C10H10F4N2O. The third-order valence-corrected chi connectivity index (χ3v) is 2.13. The molecule has 0 saturated carbocycles. The molecule has 1 atom stereocenters. The molecule has 94 valence electrons. The molecule has 3 nitrogen and oxygen atoms in total. The number of aromatic nitrogens is 1. The van der Waals surface area contributed by atoms with Crippen LogP contribution in [0.2, 0.25) is 0 Å². The second-order valence-electron chi connectivity index (χ2n) is 3.40. The van der Waals surface area contributed by atoms with E-state index in [-0.39, 0.29) is 0 Å². The zero-order valence-corrected chi connectivity index (χ0v) is 8.83. The number of halogens is 4. The second-order valence-corrected chi connectivity index (χ2v) is 3.40. The Balaban J connectivity index is 2.70. The highest BCUT2D eigenvalue weighted by Gasteiger charge is 2.49. The molecule has 0 radical (unpaired) electrons. The van der Waals surface area contributed by atoms with Crippen molar-refractivity contribution >= 4 is 5.91 Å². The van der Waals surface area contributed by atoms with Crippen molar-refractivity contribution in [3.8, 4) is 0 Å². The third kappa shape index (κ3) is 3.15. The van der Waals surface area contributed by atoms with Crippen molar-refractivity contribution in [1.29, 1.82) is 0 Å². The monoisotopic (exact) mass is 250 g/mol. The van der Waals surface area contributed by atoms with Crippen LogP contribution in [-0.2, 0) is 4.79 Å². The van der Waals surface area contributed by atoms with Gasteiger partial charge in [-0.2, -0.15) is 8.78 Å². The summed E-state index contributed by atoms with van der Waals surface area (Å²) in [5, 5.41) is 1.82. The van der Waals surface area contributed by atoms with Crippen LogP contribution in [0.4, 0.5) is 17.6 Å². The predicted octanol–water partition coefficient (Wildman–Crippen LogP) is 2.16. The topological polar surface area (TPSA) is 42.0 Å². The summed E-state index contributed by atoms with van der Waals surface area (Å²) in [6.45, 7) is 1.41. The lowest BCUT2D eigenvalue weighted by atomic mass is 10.1. The third-order valence-electron chi connectivity index (χ3n) is 2.13. The zero-order chi connectivity index (χ0) is 13.1. The molecule has 1 heterocycles. The van der Waals surface area contributed by atoms with Gasteiger partial charge in [-0.05, 0) is 24.6 Å². The Morgan fingerprint density at radius 2 is 1.88 bits per heavy atom. The zero-order valence-electron chi connectivity index (χ0n) is 8.83. The molecule has 17 heavy (non-hydrogen) atoms. The van der Waals surface area contributed by atoms with E-state index in [4.69, 9.17) is 0 Å². The maximum absolute atomic E-state index is 12.6. The minimum absolute atomic E-state index is 0.499. The summed E-state index contributed by atoms with van der Waals surface area (Å²) in [5.41, 5.74) is 0.499. The number of hydrogen-bond donors (Lipinski definition) is 1. The second kappa shape index (κ2) is 5.11. The lowest BCUT2D eigenvalue weighted by Gasteiger charge is -2.19. The van der Waals surface area contributed by atoms with Gasteiger partial charge < -0.3 is 5.32 Å². The molecule has 1 N–H and O–H groups in total. The molecule has 1 amide bonds. The van der Waals surface area contributed by atoms with Crippen LogP contribution >= 0.6 is 0 Å². The molecule has 0 aromatic carbocycles. The fraction of sp³-hybridized carbons (Fsp3) is 0.400. The Morgan fingerprint density at radius 3 is 2.35 bits per heavy atom. The van der Waals surface area contributed by atoms with Crippen molar-refractivity contribution in [1.82, 2.24) is 10.3 Å². The summed E-state index contributed by atoms with van der Waals surface area (Å²) in [7, 11) is 0. The van der Waals surface area contributed by atoms with Gasteiger partial charge in [0.25, 0.3) is 5.91 Å². The van der Waals surface area contributed by atoms with E-state index in [0.717, 1.165) is 0 Å². The van der Waals surface area contributed by atoms with Crippen LogP contribution in [0.25, 0.3) is 0 Å². The van der Waals surface area contributed by atoms with Crippen molar-refractivity contribution in [3.63, 3.8) is 0 Å². The Morgan fingerprint density at radius 1 is 1.35 bits per heavy atom. The van der Waals surface area contributed by atoms with Gasteiger partial charge in [0.2, 0.25) is 0 Å². The molecule has 0 spiro atoms. The number of carbonyl (C=O) groups excluding carboxylic acids is 1. The first kappa shape index (κ1) is 13.4. The molecule has 0 fully saturated rings. The minimum atomic E-state index is -4.68. The highest BCUT2D eigenvalue weighted by atomic mass is 19.3. The normalized spacial score (nSPS) is 13.5. The summed E-state index contributed by atoms with van der Waals surface area (Å²) in [4.78, 5) is 14.6. The predicted molar refractivity (Wildman–Crippen MR) is 51.7 cm³/mol. The lowest BCUT2D eigenvalue weighted by Crippen LogP contribution is -2.45. The molecule has 0 aliphatic heterocycles. The largest absolute Gasteiger partial charge is 0.383 e. The van der Waals surface area contributed by atoms with E-state index in [0.29, 0.717) is 5.56 Å². The summed E-state index contributed by atoms with van der Waals surface area (Å²) < 4.78 is 49.1. The van der Waals surface area contributed by atoms with Gasteiger partial charge in [0.15, 0.2) is 0 Å². The van der Waals surface area contributed by atoms with Crippen molar-refractivity contribution in [2.75, 3.05) is 0 Å². The standard InChI is InChI=1S/C10H10F4N2O/c1-6(7-2-4-15-5-3-7)16-9(17)10(13,14)8(11)12/h2-6,8H,1H3,(H,16,17)/t6-/m0/s1. The summed E-state index contributed by atoms with van der Waals surface area (Å²) in [5.74, 6) is -6.67. The van der Waals surface area contributed by atoms with Crippen molar-refractivity contribution < 1.29 is 22.4 Å². The average molecular weight is 250 g/mol. The molecule has 0 bridgehead atoms. The minimum Gasteiger partial charge on any atom is -0.344 e. The number of nitrogens with one attached hydrogen (secondary N) is 1. The van der Waals surface area contributed by atoms with Crippen LogP contribution in [0.1, 0.15) is 18.5 Å². The summed E-state index contributed by atoms with van der Waals surface area (Å²) >= 11 is 0. The number of carbonyl (C=O) groups is 1. The lowest BCUT2D eigenvalue weighted by molar-refractivity contribution is -0.170. The first-order chi connectivity index (χ1) is 7.85. The molecular weight excluding hydrogens is 240 g/mol. The Kier molecular flexibility index (Phi) is 4.03. The van der Waals surface area contributed by atoms with Crippen LogP contribution in [0.5, 0.6) is 0 Å². The van der Waals surface area contributed by atoms with Crippen molar-refractivity contribution in [2.24, 2.45) is 0 Å². The molecule has 7 heteroatoms. The maximum atomic E-state index is 12.6. The fourth-order valence-electron chi connectivity index (χ4n) is 1.13. The molecule has 0 saturated heterocycles. The number of rotatable bonds is 4. The molecule has 0 aliphatic carbocycles. The smallest absolute Gasteiger partial charge is 0.344 e. The van der Waals surface area contributed by atoms with Crippen molar-refractivity contribution in [2.45, 2.75) is 25.3 Å². The van der Waals surface area contributed by atoms with Gasteiger partial charge in [-0.25, -0.2) is 8.78 Å². The molecule has 1 aromatic rings. The van der Waals surface area contributed by atoms with Crippen molar-refractivity contribution in [3.05, 3.63) is 30.1 Å². The SMILES string of the molecule is C[C@H](NC(=O)C(F)(F)C(F)F)c1ccncc1. The number of hydrogen-bond acceptors (Lipinski definition) is 2. The van der Waals surface area contributed by atoms with Gasteiger partial charge in [0.1, 0.15) is 0 Å².